The Kier molecular flexibility index (Phi) is 6.99. The molecule has 0 atom stereocenters. The number of benzene rings is 3. The predicted molar refractivity (Wildman–Crippen MR) is 137 cm³/mol. The molecule has 4 aromatic rings. The lowest BCUT2D eigenvalue weighted by Crippen LogP contribution is -2.16. The predicted octanol–water partition coefficient (Wildman–Crippen LogP) is 4.73. The molecule has 3 aromatic carbocycles. The zero-order valence-corrected chi connectivity index (χ0v) is 21.0. The van der Waals surface area contributed by atoms with Crippen LogP contribution in [0, 0.1) is 13.8 Å². The summed E-state index contributed by atoms with van der Waals surface area (Å²) in [7, 11) is -3.88. The van der Waals surface area contributed by atoms with Crippen molar-refractivity contribution in [2.24, 2.45) is 5.14 Å². The normalized spacial score (nSPS) is 11.6. The molecule has 0 aliphatic carbocycles. The second-order valence-electron chi connectivity index (χ2n) is 7.99. The number of hydrogen-bond donors (Lipinski definition) is 2. The van der Waals surface area contributed by atoms with Crippen LogP contribution < -0.4 is 10.5 Å². The van der Waals surface area contributed by atoms with Gasteiger partial charge in [0.1, 0.15) is 0 Å². The molecule has 10 heteroatoms. The van der Waals surface area contributed by atoms with Crippen molar-refractivity contribution < 1.29 is 13.2 Å². The molecule has 0 fully saturated rings. The number of fused-ring (bicyclic) bond motifs is 1. The Balaban J connectivity index is 1.53. The van der Waals surface area contributed by atoms with E-state index in [4.69, 9.17) is 21.7 Å². The molecule has 0 radical (unpaired) electrons. The Hall–Kier alpha value is -2.85. The molecule has 1 amide bonds. The summed E-state index contributed by atoms with van der Waals surface area (Å²) in [5.74, 6) is -0.191. The van der Waals surface area contributed by atoms with E-state index in [1.807, 2.05) is 24.3 Å². The van der Waals surface area contributed by atoms with Crippen LogP contribution in [0.5, 0.6) is 0 Å². The molecular formula is C24H23ClN4O3S2. The molecule has 0 unspecified atom stereocenters. The number of aryl methyl sites for hydroxylation is 2. The quantitative estimate of drug-likeness (QED) is 0.346. The minimum absolute atomic E-state index is 0.0898. The fourth-order valence-electron chi connectivity index (χ4n) is 3.75. The van der Waals surface area contributed by atoms with Crippen molar-refractivity contribution in [3.8, 4) is 0 Å². The standard InChI is InChI=1S/C24H23ClN4O3S2/c1-15-9-16(2)11-17(10-15)13-29-22-6-4-3-5-21(22)28-24(29)33-14-23(30)27-20-8-7-18(12-19(20)25)34(26,31)32/h3-12H,13-14H2,1-2H3,(H,27,30)(H2,26,31,32). The van der Waals surface area contributed by atoms with Crippen LogP contribution in [0.2, 0.25) is 5.02 Å². The number of carbonyl (C=O) groups excluding carboxylic acids is 1. The van der Waals surface area contributed by atoms with Crippen molar-refractivity contribution >= 4 is 56.0 Å². The Morgan fingerprint density at radius 3 is 2.47 bits per heavy atom. The van der Waals surface area contributed by atoms with Crippen LogP contribution in [0.15, 0.2) is 70.7 Å². The first-order valence-corrected chi connectivity index (χ1v) is 13.3. The number of anilines is 1. The largest absolute Gasteiger partial charge is 0.324 e. The van der Waals surface area contributed by atoms with E-state index in [0.29, 0.717) is 12.2 Å². The number of aromatic nitrogens is 2. The van der Waals surface area contributed by atoms with E-state index in [1.54, 1.807) is 0 Å². The molecule has 0 aliphatic rings. The molecule has 0 bridgehead atoms. The Morgan fingerprint density at radius 2 is 1.79 bits per heavy atom. The molecule has 7 nitrogen and oxygen atoms in total. The number of thioether (sulfide) groups is 1. The number of sulfonamides is 1. The summed E-state index contributed by atoms with van der Waals surface area (Å²) in [5.41, 5.74) is 5.70. The zero-order valence-electron chi connectivity index (χ0n) is 18.6. The number of halogens is 1. The smallest absolute Gasteiger partial charge is 0.238 e. The fourth-order valence-corrected chi connectivity index (χ4v) is 5.40. The number of primary sulfonamides is 1. The first-order chi connectivity index (χ1) is 16.1. The van der Waals surface area contributed by atoms with E-state index < -0.39 is 10.0 Å². The topological polar surface area (TPSA) is 107 Å². The summed E-state index contributed by atoms with van der Waals surface area (Å²) in [6.45, 7) is 4.78. The lowest BCUT2D eigenvalue weighted by atomic mass is 10.1. The Morgan fingerprint density at radius 1 is 1.09 bits per heavy atom. The van der Waals surface area contributed by atoms with Crippen molar-refractivity contribution in [2.75, 3.05) is 11.1 Å². The van der Waals surface area contributed by atoms with Crippen LogP contribution in [-0.4, -0.2) is 29.6 Å². The van der Waals surface area contributed by atoms with Crippen LogP contribution in [0.1, 0.15) is 16.7 Å². The van der Waals surface area contributed by atoms with Gasteiger partial charge in [-0.1, -0.05) is 64.8 Å². The van der Waals surface area contributed by atoms with Crippen LogP contribution in [0.3, 0.4) is 0 Å². The molecule has 0 spiro atoms. The van der Waals surface area contributed by atoms with Crippen molar-refractivity contribution in [1.29, 1.82) is 0 Å². The van der Waals surface area contributed by atoms with Gasteiger partial charge in [-0.05, 0) is 49.7 Å². The maximum Gasteiger partial charge on any atom is 0.238 e. The van der Waals surface area contributed by atoms with Crippen molar-refractivity contribution in [3.05, 3.63) is 82.4 Å². The van der Waals surface area contributed by atoms with Crippen LogP contribution in [0.4, 0.5) is 5.69 Å². The van der Waals surface area contributed by atoms with E-state index in [2.05, 4.69) is 41.9 Å². The first kappa shape index (κ1) is 24.3. The van der Waals surface area contributed by atoms with Gasteiger partial charge in [0, 0.05) is 0 Å². The number of hydrogen-bond acceptors (Lipinski definition) is 5. The monoisotopic (exact) mass is 514 g/mol. The van der Waals surface area contributed by atoms with Gasteiger partial charge in [-0.3, -0.25) is 4.79 Å². The summed E-state index contributed by atoms with van der Waals surface area (Å²) < 4.78 is 25.0. The number of carbonyl (C=O) groups is 1. The summed E-state index contributed by atoms with van der Waals surface area (Å²) in [6.07, 6.45) is 0. The number of para-hydroxylation sites is 2. The highest BCUT2D eigenvalue weighted by atomic mass is 35.5. The minimum Gasteiger partial charge on any atom is -0.324 e. The van der Waals surface area contributed by atoms with E-state index in [9.17, 15) is 13.2 Å². The second kappa shape index (κ2) is 9.79. The molecule has 3 N–H and O–H groups in total. The summed E-state index contributed by atoms with van der Waals surface area (Å²) >= 11 is 7.46. The van der Waals surface area contributed by atoms with Gasteiger partial charge in [0.15, 0.2) is 5.16 Å². The van der Waals surface area contributed by atoms with Crippen molar-refractivity contribution in [2.45, 2.75) is 30.4 Å². The van der Waals surface area contributed by atoms with Gasteiger partial charge in [0.2, 0.25) is 15.9 Å². The Bertz CT molecular complexity index is 1480. The third kappa shape index (κ3) is 5.61. The van der Waals surface area contributed by atoms with E-state index in [1.165, 1.54) is 41.1 Å². The first-order valence-electron chi connectivity index (χ1n) is 10.4. The average molecular weight is 515 g/mol. The average Bonchev–Trinajstić information content (AvgIpc) is 3.09. The number of nitrogens with one attached hydrogen (secondary N) is 1. The van der Waals surface area contributed by atoms with Crippen molar-refractivity contribution in [3.63, 3.8) is 0 Å². The number of nitrogens with zero attached hydrogens (tertiary/aromatic N) is 2. The third-order valence-corrected chi connectivity index (χ3v) is 7.32. The number of amides is 1. The van der Waals surface area contributed by atoms with Gasteiger partial charge in [-0.25, -0.2) is 18.5 Å². The number of nitrogens with two attached hydrogens (primary N) is 1. The third-order valence-electron chi connectivity index (χ3n) is 5.12. The number of rotatable bonds is 7. The van der Waals surface area contributed by atoms with Gasteiger partial charge >= 0.3 is 0 Å². The van der Waals surface area contributed by atoms with Crippen LogP contribution in [0.25, 0.3) is 11.0 Å². The highest BCUT2D eigenvalue weighted by Crippen LogP contribution is 2.28. The van der Waals surface area contributed by atoms with Gasteiger partial charge in [0.05, 0.1) is 38.9 Å². The van der Waals surface area contributed by atoms with Crippen LogP contribution in [-0.2, 0) is 21.4 Å². The molecule has 0 aliphatic heterocycles. The Labute approximate surface area is 207 Å². The highest BCUT2D eigenvalue weighted by molar-refractivity contribution is 7.99. The van der Waals surface area contributed by atoms with E-state index in [-0.39, 0.29) is 21.6 Å². The fraction of sp³-hybridized carbons (Fsp3) is 0.167. The molecule has 0 saturated heterocycles. The molecule has 4 rings (SSSR count). The van der Waals surface area contributed by atoms with Gasteiger partial charge in [-0.15, -0.1) is 0 Å². The SMILES string of the molecule is Cc1cc(C)cc(Cn2c(SCC(=O)Nc3ccc(S(N)(=O)=O)cc3Cl)nc3ccccc32)c1. The van der Waals surface area contributed by atoms with Gasteiger partial charge in [-0.2, -0.15) is 0 Å². The molecule has 1 aromatic heterocycles. The zero-order chi connectivity index (χ0) is 24.5. The number of imidazole rings is 1. The molecule has 34 heavy (non-hydrogen) atoms. The summed E-state index contributed by atoms with van der Waals surface area (Å²) in [4.78, 5) is 17.2. The molecular weight excluding hydrogens is 492 g/mol. The summed E-state index contributed by atoms with van der Waals surface area (Å²) in [5, 5.41) is 8.65. The maximum absolute atomic E-state index is 12.6. The molecule has 0 saturated carbocycles. The summed E-state index contributed by atoms with van der Waals surface area (Å²) in [6, 6.07) is 18.2. The highest BCUT2D eigenvalue weighted by Gasteiger charge is 2.16. The van der Waals surface area contributed by atoms with Crippen molar-refractivity contribution in [1.82, 2.24) is 9.55 Å². The maximum atomic E-state index is 12.6. The second-order valence-corrected chi connectivity index (χ2v) is 10.9. The van der Waals surface area contributed by atoms with Crippen LogP contribution >= 0.6 is 23.4 Å². The van der Waals surface area contributed by atoms with E-state index >= 15 is 0 Å². The molecule has 1 heterocycles. The van der Waals surface area contributed by atoms with Gasteiger partial charge in [0.25, 0.3) is 0 Å². The van der Waals surface area contributed by atoms with E-state index in [0.717, 1.165) is 21.8 Å². The lowest BCUT2D eigenvalue weighted by Gasteiger charge is -2.11. The molecule has 176 valence electrons. The van der Waals surface area contributed by atoms with Gasteiger partial charge < -0.3 is 9.88 Å². The lowest BCUT2D eigenvalue weighted by molar-refractivity contribution is -0.113. The minimum atomic E-state index is -3.88.